The van der Waals surface area contributed by atoms with E-state index in [-0.39, 0.29) is 8.42 Å². The Hall–Kier alpha value is -1.35. The zero-order valence-electron chi connectivity index (χ0n) is 18.4. The monoisotopic (exact) mass is 558 g/mol. The SMILES string of the molecule is CN(C)CCc1ccc(O[P+](=S)N(C)/N=C/c2ccc(O/N=N\PP(P=N)P=N)cc2)cc1. The van der Waals surface area contributed by atoms with E-state index in [1.54, 1.807) is 30.2 Å². The number of hydrogen-bond acceptors (Lipinski definition) is 9. The standard InChI is InChI=1S/C18H25N7O2P5S/c1-24(2)13-12-15-4-10-18(11-5-15)27-31(33)25(3)21-14-16-6-8-17(9-7-16)26-22-23-30-32(28-19)29-20/h4-11,14,19-20,30H,12-13H2,1-3H3/q+1/b21-14+,23-22-. The topological polar surface area (TPSA) is 110 Å². The Bertz CT molecular complexity index is 969. The maximum Gasteiger partial charge on any atom is 0.540 e. The summed E-state index contributed by atoms with van der Waals surface area (Å²) in [5.41, 5.74) is 2.14. The summed E-state index contributed by atoms with van der Waals surface area (Å²) in [6.45, 7) is 0.246. The molecular formula is C18H25N7O2P5S+. The van der Waals surface area contributed by atoms with Crippen LogP contribution in [0, 0.1) is 10.3 Å². The predicted octanol–water partition coefficient (Wildman–Crippen LogP) is 7.89. The lowest BCUT2D eigenvalue weighted by molar-refractivity contribution is 0.317. The summed E-state index contributed by atoms with van der Waals surface area (Å²) in [7, 11) is 5.60. The van der Waals surface area contributed by atoms with Gasteiger partial charge >= 0.3 is 7.07 Å². The van der Waals surface area contributed by atoms with Gasteiger partial charge in [0.2, 0.25) is 11.8 Å². The van der Waals surface area contributed by atoms with Gasteiger partial charge in [-0.3, -0.25) is 14.8 Å². The highest BCUT2D eigenvalue weighted by Crippen LogP contribution is 2.74. The Labute approximate surface area is 206 Å². The molecule has 0 aliphatic heterocycles. The van der Waals surface area contributed by atoms with Crippen LogP contribution in [0.2, 0.25) is 0 Å². The number of hydrazone groups is 1. The predicted molar refractivity (Wildman–Crippen MR) is 145 cm³/mol. The molecule has 2 rings (SSSR count). The highest BCUT2D eigenvalue weighted by atomic mass is 32.7. The first-order valence-electron chi connectivity index (χ1n) is 9.55. The van der Waals surface area contributed by atoms with E-state index in [1.165, 1.54) is 5.56 Å². The van der Waals surface area contributed by atoms with E-state index in [2.05, 4.69) is 46.4 Å². The van der Waals surface area contributed by atoms with E-state index < -0.39 is 14.1 Å². The first kappa shape index (κ1) is 27.9. The average Bonchev–Trinajstić information content (AvgIpc) is 2.82. The van der Waals surface area contributed by atoms with E-state index in [0.717, 1.165) is 24.3 Å². The molecule has 2 N–H and O–H groups in total. The van der Waals surface area contributed by atoms with E-state index in [1.807, 2.05) is 24.3 Å². The molecule has 0 amide bonds. The van der Waals surface area contributed by atoms with Crippen molar-refractivity contribution in [3.05, 3.63) is 59.7 Å². The van der Waals surface area contributed by atoms with Gasteiger partial charge in [0.1, 0.15) is 0 Å². The van der Waals surface area contributed by atoms with Crippen LogP contribution in [0.1, 0.15) is 11.1 Å². The number of nitrogens with zero attached hydrogens (tertiary/aromatic N) is 5. The largest absolute Gasteiger partial charge is 0.540 e. The first-order valence-corrected chi connectivity index (χ1v) is 18.1. The number of nitrogens with one attached hydrogen (secondary N) is 2. The lowest BCUT2D eigenvalue weighted by atomic mass is 10.1. The van der Waals surface area contributed by atoms with Gasteiger partial charge in [-0.25, -0.2) is 0 Å². The van der Waals surface area contributed by atoms with Crippen molar-refractivity contribution < 1.29 is 9.36 Å². The molecule has 2 atom stereocenters. The van der Waals surface area contributed by atoms with E-state index in [9.17, 15) is 0 Å². The molecule has 0 saturated carbocycles. The van der Waals surface area contributed by atoms with E-state index in [0.29, 0.717) is 21.9 Å². The average molecular weight is 558 g/mol. The minimum atomic E-state index is -1.33. The van der Waals surface area contributed by atoms with Gasteiger partial charge in [-0.15, -0.1) is 9.99 Å². The molecule has 0 aliphatic rings. The van der Waals surface area contributed by atoms with Gasteiger partial charge in [0.15, 0.2) is 11.5 Å². The van der Waals surface area contributed by atoms with Crippen LogP contribution in [0.25, 0.3) is 0 Å². The zero-order valence-corrected chi connectivity index (χ0v) is 23.8. The normalized spacial score (nSPS) is 13.5. The molecule has 15 heteroatoms. The summed E-state index contributed by atoms with van der Waals surface area (Å²) in [5, 5.41) is 22.6. The van der Waals surface area contributed by atoms with Crippen LogP contribution in [0.15, 0.2) is 63.8 Å². The Morgan fingerprint density at radius 1 is 1.06 bits per heavy atom. The molecule has 0 saturated heterocycles. The van der Waals surface area contributed by atoms with Crippen LogP contribution < -0.4 is 9.36 Å². The summed E-state index contributed by atoms with van der Waals surface area (Å²) in [6, 6.07) is 15.2. The van der Waals surface area contributed by atoms with Gasteiger partial charge in [0.25, 0.3) is 0 Å². The van der Waals surface area contributed by atoms with Crippen molar-refractivity contribution in [3.63, 3.8) is 0 Å². The summed E-state index contributed by atoms with van der Waals surface area (Å²) >= 11 is 5.47. The molecular weight excluding hydrogens is 533 g/mol. The number of likely N-dealkylation sites (N-methyl/N-ethyl adjacent to an activating group) is 1. The van der Waals surface area contributed by atoms with Crippen LogP contribution in [-0.4, -0.2) is 43.6 Å². The Balaban J connectivity index is 1.82. The third kappa shape index (κ3) is 11.1. The fourth-order valence-electron chi connectivity index (χ4n) is 2.22. The zero-order chi connectivity index (χ0) is 24.1. The van der Waals surface area contributed by atoms with Crippen LogP contribution >= 0.6 is 38.6 Å². The third-order valence-corrected chi connectivity index (χ3v) is 13.5. The summed E-state index contributed by atoms with van der Waals surface area (Å²) in [6.07, 6.45) is 2.70. The molecule has 0 heterocycles. The van der Waals surface area contributed by atoms with E-state index in [4.69, 9.17) is 31.5 Å². The van der Waals surface area contributed by atoms with Crippen LogP contribution in [0.3, 0.4) is 0 Å². The second-order valence-corrected chi connectivity index (χ2v) is 19.0. The van der Waals surface area contributed by atoms with Gasteiger partial charge in [0, 0.05) is 27.9 Å². The van der Waals surface area contributed by atoms with Crippen LogP contribution in [0.5, 0.6) is 11.5 Å². The van der Waals surface area contributed by atoms with Crippen LogP contribution in [0.4, 0.5) is 0 Å². The van der Waals surface area contributed by atoms with E-state index >= 15 is 0 Å². The maximum atomic E-state index is 7.28. The molecule has 0 spiro atoms. The summed E-state index contributed by atoms with van der Waals surface area (Å²) in [4.78, 5) is 11.3. The van der Waals surface area contributed by atoms with Gasteiger partial charge in [0.05, 0.1) is 28.7 Å². The van der Waals surface area contributed by atoms with Crippen molar-refractivity contribution in [2.45, 2.75) is 6.42 Å². The van der Waals surface area contributed by atoms with Crippen molar-refractivity contribution in [2.24, 2.45) is 15.3 Å². The highest BCUT2D eigenvalue weighted by Gasteiger charge is 2.20. The van der Waals surface area contributed by atoms with Gasteiger partial charge in [-0.1, -0.05) is 16.9 Å². The fourth-order valence-corrected chi connectivity index (χ4v) is 6.13. The molecule has 33 heavy (non-hydrogen) atoms. The van der Waals surface area contributed by atoms with Crippen molar-refractivity contribution in [1.82, 2.24) is 9.68 Å². The minimum Gasteiger partial charge on any atom is -0.339 e. The Morgan fingerprint density at radius 2 is 1.70 bits per heavy atom. The molecule has 174 valence electrons. The van der Waals surface area contributed by atoms with Gasteiger partial charge < -0.3 is 9.74 Å². The molecule has 0 radical (unpaired) electrons. The molecule has 0 bridgehead atoms. The lowest BCUT2D eigenvalue weighted by Crippen LogP contribution is -2.14. The molecule has 2 aromatic carbocycles. The Morgan fingerprint density at radius 3 is 2.30 bits per heavy atom. The smallest absolute Gasteiger partial charge is 0.339 e. The quantitative estimate of drug-likeness (QED) is 0.106. The van der Waals surface area contributed by atoms with Gasteiger partial charge in [-0.05, 0) is 68.0 Å². The molecule has 0 aliphatic carbocycles. The number of hydrogen-bond donors (Lipinski definition) is 2. The molecule has 0 aromatic heterocycles. The number of rotatable bonds is 14. The van der Waals surface area contributed by atoms with Crippen molar-refractivity contribution in [1.29, 1.82) is 10.3 Å². The molecule has 2 unspecified atom stereocenters. The second-order valence-electron chi connectivity index (χ2n) is 6.69. The molecule has 2 aromatic rings. The summed E-state index contributed by atoms with van der Waals surface area (Å²) in [5.74, 6) is 1.29. The Kier molecular flexibility index (Phi) is 13.1. The van der Waals surface area contributed by atoms with Crippen molar-refractivity contribution in [3.8, 4) is 11.5 Å². The van der Waals surface area contributed by atoms with Crippen LogP contribution in [-0.2, 0) is 18.2 Å². The minimum absolute atomic E-state index is 0.104. The molecule has 0 fully saturated rings. The number of benzene rings is 2. The van der Waals surface area contributed by atoms with Crippen molar-refractivity contribution in [2.75, 3.05) is 27.7 Å². The second kappa shape index (κ2) is 15.5. The summed E-state index contributed by atoms with van der Waals surface area (Å²) < 4.78 is 7.51. The third-order valence-electron chi connectivity index (χ3n) is 3.96. The first-order chi connectivity index (χ1) is 15.9. The highest BCUT2D eigenvalue weighted by molar-refractivity contribution is 8.71. The van der Waals surface area contributed by atoms with Crippen molar-refractivity contribution >= 4 is 56.6 Å². The maximum absolute atomic E-state index is 7.28. The van der Waals surface area contributed by atoms with Gasteiger partial charge in [-0.2, -0.15) is 0 Å². The molecule has 9 nitrogen and oxygen atoms in total. The lowest BCUT2D eigenvalue weighted by Gasteiger charge is -2.09. The fraction of sp³-hybridized carbons (Fsp3) is 0.278.